The molecule has 90 valence electrons. The van der Waals surface area contributed by atoms with Crippen molar-refractivity contribution in [3.05, 3.63) is 0 Å². The van der Waals surface area contributed by atoms with Gasteiger partial charge in [-0.3, -0.25) is 0 Å². The zero-order chi connectivity index (χ0) is 11.5. The Morgan fingerprint density at radius 2 is 2.07 bits per heavy atom. The zero-order valence-electron chi connectivity index (χ0n) is 9.35. The van der Waals surface area contributed by atoms with E-state index in [2.05, 4.69) is 0 Å². The molecule has 1 aliphatic carbocycles. The van der Waals surface area contributed by atoms with E-state index < -0.39 is 5.79 Å². The van der Waals surface area contributed by atoms with Gasteiger partial charge in [-0.1, -0.05) is 0 Å². The molecule has 1 saturated carbocycles. The predicted molar refractivity (Wildman–Crippen MR) is 55.2 cm³/mol. The van der Waals surface area contributed by atoms with Crippen molar-refractivity contribution in [1.82, 2.24) is 0 Å². The standard InChI is InChI=1S/C10H21NO4/c1-10(2,13)15-9-6-7(5-8(9)11)14-4-3-12/h7-9,12-13H,3-6,11H2,1-2H3/t7-,8+,9+/m0/s1. The lowest BCUT2D eigenvalue weighted by Crippen LogP contribution is -2.38. The molecule has 4 N–H and O–H groups in total. The molecule has 0 amide bonds. The quantitative estimate of drug-likeness (QED) is 0.548. The molecule has 5 heteroatoms. The lowest BCUT2D eigenvalue weighted by atomic mass is 10.2. The molecule has 0 saturated heterocycles. The maximum atomic E-state index is 9.50. The molecule has 0 aliphatic heterocycles. The maximum Gasteiger partial charge on any atom is 0.160 e. The Balaban J connectivity index is 2.35. The van der Waals surface area contributed by atoms with Crippen LogP contribution in [0.1, 0.15) is 26.7 Å². The van der Waals surface area contributed by atoms with E-state index in [4.69, 9.17) is 20.3 Å². The van der Waals surface area contributed by atoms with E-state index in [1.54, 1.807) is 13.8 Å². The van der Waals surface area contributed by atoms with E-state index >= 15 is 0 Å². The van der Waals surface area contributed by atoms with E-state index in [1.807, 2.05) is 0 Å². The van der Waals surface area contributed by atoms with E-state index in [0.717, 1.165) is 0 Å². The van der Waals surface area contributed by atoms with Crippen molar-refractivity contribution in [3.63, 3.8) is 0 Å². The van der Waals surface area contributed by atoms with Gasteiger partial charge in [0.1, 0.15) is 0 Å². The normalized spacial score (nSPS) is 32.2. The Bertz CT molecular complexity index is 192. The number of aliphatic hydroxyl groups excluding tert-OH is 1. The molecule has 0 aromatic heterocycles. The van der Waals surface area contributed by atoms with Crippen LogP contribution in [0, 0.1) is 0 Å². The van der Waals surface area contributed by atoms with Crippen LogP contribution >= 0.6 is 0 Å². The Morgan fingerprint density at radius 1 is 1.40 bits per heavy atom. The predicted octanol–water partition coefficient (Wildman–Crippen LogP) is -0.401. The minimum Gasteiger partial charge on any atom is -0.394 e. The highest BCUT2D eigenvalue weighted by Crippen LogP contribution is 2.26. The van der Waals surface area contributed by atoms with Gasteiger partial charge >= 0.3 is 0 Å². The lowest BCUT2D eigenvalue weighted by molar-refractivity contribution is -0.207. The van der Waals surface area contributed by atoms with Crippen molar-refractivity contribution < 1.29 is 19.7 Å². The van der Waals surface area contributed by atoms with E-state index in [0.29, 0.717) is 19.4 Å². The van der Waals surface area contributed by atoms with Crippen LogP contribution in [0.4, 0.5) is 0 Å². The Kier molecular flexibility index (Phi) is 4.48. The fourth-order valence-corrected chi connectivity index (χ4v) is 1.85. The second-order valence-corrected chi connectivity index (χ2v) is 4.45. The molecule has 0 heterocycles. The van der Waals surface area contributed by atoms with Crippen LogP contribution < -0.4 is 5.73 Å². The zero-order valence-corrected chi connectivity index (χ0v) is 9.35. The topological polar surface area (TPSA) is 84.9 Å². The van der Waals surface area contributed by atoms with E-state index in [-0.39, 0.29) is 24.9 Å². The third-order valence-electron chi connectivity index (χ3n) is 2.39. The van der Waals surface area contributed by atoms with Gasteiger partial charge < -0.3 is 25.4 Å². The number of hydrogen-bond donors (Lipinski definition) is 3. The van der Waals surface area contributed by atoms with Gasteiger partial charge in [0, 0.05) is 12.5 Å². The van der Waals surface area contributed by atoms with Crippen molar-refractivity contribution >= 4 is 0 Å². The summed E-state index contributed by atoms with van der Waals surface area (Å²) in [6.45, 7) is 3.51. The fraction of sp³-hybridized carbons (Fsp3) is 1.00. The molecule has 0 bridgehead atoms. The molecule has 1 rings (SSSR count). The second-order valence-electron chi connectivity index (χ2n) is 4.45. The van der Waals surface area contributed by atoms with Crippen LogP contribution in [-0.4, -0.2) is 47.5 Å². The summed E-state index contributed by atoms with van der Waals surface area (Å²) in [4.78, 5) is 0. The molecule has 0 radical (unpaired) electrons. The first-order valence-corrected chi connectivity index (χ1v) is 5.30. The summed E-state index contributed by atoms with van der Waals surface area (Å²) in [6, 6.07) is -0.111. The summed E-state index contributed by atoms with van der Waals surface area (Å²) in [5.41, 5.74) is 5.87. The number of ether oxygens (including phenoxy) is 2. The average molecular weight is 219 g/mol. The fourth-order valence-electron chi connectivity index (χ4n) is 1.85. The molecule has 5 nitrogen and oxygen atoms in total. The summed E-state index contributed by atoms with van der Waals surface area (Å²) in [7, 11) is 0. The van der Waals surface area contributed by atoms with Crippen LogP contribution in [0.5, 0.6) is 0 Å². The van der Waals surface area contributed by atoms with Gasteiger partial charge in [-0.15, -0.1) is 0 Å². The third-order valence-corrected chi connectivity index (χ3v) is 2.39. The monoisotopic (exact) mass is 219 g/mol. The molecule has 1 aliphatic rings. The van der Waals surface area contributed by atoms with Gasteiger partial charge in [-0.05, 0) is 20.3 Å². The highest BCUT2D eigenvalue weighted by Gasteiger charge is 2.36. The van der Waals surface area contributed by atoms with Gasteiger partial charge in [0.2, 0.25) is 0 Å². The first kappa shape index (κ1) is 12.9. The van der Waals surface area contributed by atoms with Gasteiger partial charge in [-0.25, -0.2) is 0 Å². The van der Waals surface area contributed by atoms with Crippen LogP contribution in [0.15, 0.2) is 0 Å². The molecular formula is C10H21NO4. The van der Waals surface area contributed by atoms with Gasteiger partial charge in [0.15, 0.2) is 5.79 Å². The van der Waals surface area contributed by atoms with Crippen molar-refractivity contribution in [2.24, 2.45) is 5.73 Å². The van der Waals surface area contributed by atoms with Crippen LogP contribution in [0.3, 0.4) is 0 Å². The van der Waals surface area contributed by atoms with E-state index in [9.17, 15) is 5.11 Å². The van der Waals surface area contributed by atoms with Crippen molar-refractivity contribution in [3.8, 4) is 0 Å². The summed E-state index contributed by atoms with van der Waals surface area (Å²) in [6.07, 6.45) is 1.24. The Labute approximate surface area is 90.2 Å². The summed E-state index contributed by atoms with van der Waals surface area (Å²) >= 11 is 0. The first-order valence-electron chi connectivity index (χ1n) is 5.30. The maximum absolute atomic E-state index is 9.50. The van der Waals surface area contributed by atoms with Crippen LogP contribution in [-0.2, 0) is 9.47 Å². The molecular weight excluding hydrogens is 198 g/mol. The number of rotatable bonds is 5. The number of aliphatic hydroxyl groups is 2. The molecule has 0 aromatic rings. The van der Waals surface area contributed by atoms with Crippen LogP contribution in [0.2, 0.25) is 0 Å². The molecule has 0 spiro atoms. The second kappa shape index (κ2) is 5.23. The lowest BCUT2D eigenvalue weighted by Gasteiger charge is -2.25. The molecule has 15 heavy (non-hydrogen) atoms. The van der Waals surface area contributed by atoms with Crippen molar-refractivity contribution in [1.29, 1.82) is 0 Å². The highest BCUT2D eigenvalue weighted by atomic mass is 16.6. The minimum absolute atomic E-state index is 0.0166. The van der Waals surface area contributed by atoms with Crippen molar-refractivity contribution in [2.45, 2.75) is 50.7 Å². The third kappa shape index (κ3) is 4.44. The summed E-state index contributed by atoms with van der Waals surface area (Å²) in [5, 5.41) is 18.1. The smallest absolute Gasteiger partial charge is 0.160 e. The summed E-state index contributed by atoms with van der Waals surface area (Å²) < 4.78 is 10.8. The van der Waals surface area contributed by atoms with Crippen LogP contribution in [0.25, 0.3) is 0 Å². The SMILES string of the molecule is CC(C)(O)O[C@@H]1C[C@@H](OCCO)C[C@H]1N. The average Bonchev–Trinajstić information content (AvgIpc) is 2.41. The van der Waals surface area contributed by atoms with Gasteiger partial charge in [0.05, 0.1) is 25.4 Å². The van der Waals surface area contributed by atoms with Crippen molar-refractivity contribution in [2.75, 3.05) is 13.2 Å². The molecule has 0 aromatic carbocycles. The van der Waals surface area contributed by atoms with Gasteiger partial charge in [-0.2, -0.15) is 0 Å². The first-order chi connectivity index (χ1) is 6.92. The molecule has 1 fully saturated rings. The minimum atomic E-state index is -1.16. The molecule has 0 unspecified atom stereocenters. The molecule has 3 atom stereocenters. The number of nitrogens with two attached hydrogens (primary N) is 1. The number of hydrogen-bond acceptors (Lipinski definition) is 5. The highest BCUT2D eigenvalue weighted by molar-refractivity contribution is 4.88. The van der Waals surface area contributed by atoms with Gasteiger partial charge in [0.25, 0.3) is 0 Å². The Morgan fingerprint density at radius 3 is 2.60 bits per heavy atom. The Hall–Kier alpha value is -0.200. The summed E-state index contributed by atoms with van der Waals surface area (Å²) in [5.74, 6) is -1.16. The largest absolute Gasteiger partial charge is 0.394 e. The van der Waals surface area contributed by atoms with E-state index in [1.165, 1.54) is 0 Å².